The number of likely N-dealkylation sites (N-methyl/N-ethyl adjacent to an activating group) is 1. The Morgan fingerprint density at radius 1 is 1.15 bits per heavy atom. The highest BCUT2D eigenvalue weighted by Gasteiger charge is 2.47. The van der Waals surface area contributed by atoms with Gasteiger partial charge in [-0.05, 0) is 33.2 Å². The summed E-state index contributed by atoms with van der Waals surface area (Å²) in [5.74, 6) is -0.348. The average molecular weight is 354 g/mol. The fraction of sp³-hybridized carbons (Fsp3) is 0.300. The van der Waals surface area contributed by atoms with Crippen molar-refractivity contribution in [2.24, 2.45) is 0 Å². The smallest absolute Gasteiger partial charge is 0.295 e. The van der Waals surface area contributed by atoms with E-state index >= 15 is 0 Å². The Balaban J connectivity index is 2.11. The van der Waals surface area contributed by atoms with Gasteiger partial charge in [0.05, 0.1) is 5.57 Å². The molecule has 1 unspecified atom stereocenters. The molecule has 1 atom stereocenters. The monoisotopic (exact) mass is 354 g/mol. The number of rotatable bonds is 5. The molecule has 0 radical (unpaired) electrons. The number of aliphatic hydroxyl groups excluding tert-OH is 1. The van der Waals surface area contributed by atoms with Crippen molar-refractivity contribution in [3.63, 3.8) is 0 Å². The molecule has 136 valence electrons. The highest BCUT2D eigenvalue weighted by molar-refractivity contribution is 6.46. The van der Waals surface area contributed by atoms with Crippen LogP contribution in [0.2, 0.25) is 0 Å². The molecule has 2 aromatic rings. The lowest BCUT2D eigenvalue weighted by Crippen LogP contribution is -2.35. The Hall–Kier alpha value is -2.86. The molecule has 0 aliphatic carbocycles. The van der Waals surface area contributed by atoms with Gasteiger partial charge in [-0.25, -0.2) is 0 Å². The zero-order valence-electron chi connectivity index (χ0n) is 15.1. The lowest BCUT2D eigenvalue weighted by Gasteiger charge is -2.24. The van der Waals surface area contributed by atoms with Crippen LogP contribution in [-0.4, -0.2) is 53.8 Å². The van der Waals surface area contributed by atoms with Gasteiger partial charge in [0.15, 0.2) is 0 Å². The normalized spacial score (nSPS) is 19.5. The third-order valence-electron chi connectivity index (χ3n) is 4.41. The van der Waals surface area contributed by atoms with E-state index in [4.69, 9.17) is 4.42 Å². The first-order valence-electron chi connectivity index (χ1n) is 8.45. The van der Waals surface area contributed by atoms with Gasteiger partial charge in [0.25, 0.3) is 11.7 Å². The van der Waals surface area contributed by atoms with Crippen LogP contribution in [0.1, 0.15) is 23.1 Å². The highest BCUT2D eigenvalue weighted by atomic mass is 16.3. The van der Waals surface area contributed by atoms with Gasteiger partial charge in [0.2, 0.25) is 0 Å². The number of carbonyl (C=O) groups excluding carboxylic acids is 2. The van der Waals surface area contributed by atoms with Gasteiger partial charge in [-0.3, -0.25) is 9.59 Å². The molecule has 3 rings (SSSR count). The summed E-state index contributed by atoms with van der Waals surface area (Å²) in [6, 6.07) is 11.5. The quantitative estimate of drug-likeness (QED) is 0.507. The molecule has 6 nitrogen and oxygen atoms in total. The summed E-state index contributed by atoms with van der Waals surface area (Å²) in [5.41, 5.74) is 0.556. The first kappa shape index (κ1) is 17.9. The van der Waals surface area contributed by atoms with E-state index in [2.05, 4.69) is 0 Å². The molecule has 1 aromatic heterocycles. The molecule has 0 spiro atoms. The molecular formula is C20H22N2O4. The number of benzene rings is 1. The van der Waals surface area contributed by atoms with Crippen LogP contribution in [0.5, 0.6) is 0 Å². The minimum atomic E-state index is -0.733. The number of furan rings is 1. The molecule has 0 bridgehead atoms. The number of carbonyl (C=O) groups is 2. The summed E-state index contributed by atoms with van der Waals surface area (Å²) in [7, 11) is 3.79. The average Bonchev–Trinajstić information content (AvgIpc) is 3.15. The number of hydrogen-bond acceptors (Lipinski definition) is 5. The fourth-order valence-corrected chi connectivity index (χ4v) is 3.07. The molecule has 1 aliphatic heterocycles. The zero-order chi connectivity index (χ0) is 18.8. The lowest BCUT2D eigenvalue weighted by atomic mass is 9.99. The first-order valence-corrected chi connectivity index (χ1v) is 8.45. The Kier molecular flexibility index (Phi) is 4.95. The lowest BCUT2D eigenvalue weighted by molar-refractivity contribution is -0.140. The van der Waals surface area contributed by atoms with Crippen LogP contribution in [0.25, 0.3) is 5.76 Å². The predicted molar refractivity (Wildman–Crippen MR) is 97.5 cm³/mol. The van der Waals surface area contributed by atoms with Crippen LogP contribution in [0.4, 0.5) is 0 Å². The number of Topliss-reactive ketones (excluding diaryl/α,β-unsaturated/α-hetero) is 1. The molecule has 1 aromatic carbocycles. The highest BCUT2D eigenvalue weighted by Crippen LogP contribution is 2.39. The minimum absolute atomic E-state index is 0.0642. The SMILES string of the molecule is Cc1ccc(C2/C(=C(\O)c3ccccc3)C(=O)C(=O)N2CCN(C)C)o1. The number of aryl methyl sites for hydroxylation is 1. The van der Waals surface area contributed by atoms with Crippen molar-refractivity contribution in [3.8, 4) is 0 Å². The van der Waals surface area contributed by atoms with Gasteiger partial charge in [0, 0.05) is 18.7 Å². The van der Waals surface area contributed by atoms with E-state index in [0.29, 0.717) is 30.2 Å². The van der Waals surface area contributed by atoms with Gasteiger partial charge < -0.3 is 19.3 Å². The molecule has 0 saturated carbocycles. The van der Waals surface area contributed by atoms with Crippen molar-refractivity contribution in [3.05, 3.63) is 65.1 Å². The topological polar surface area (TPSA) is 74.0 Å². The molecule has 1 saturated heterocycles. The van der Waals surface area contributed by atoms with E-state index in [1.165, 1.54) is 4.90 Å². The van der Waals surface area contributed by atoms with E-state index in [9.17, 15) is 14.7 Å². The second kappa shape index (κ2) is 7.17. The molecule has 2 heterocycles. The van der Waals surface area contributed by atoms with Gasteiger partial charge in [-0.2, -0.15) is 0 Å². The molecule has 1 aliphatic rings. The number of hydrogen-bond donors (Lipinski definition) is 1. The van der Waals surface area contributed by atoms with Crippen molar-refractivity contribution in [1.82, 2.24) is 9.80 Å². The molecule has 1 N–H and O–H groups in total. The number of likely N-dealkylation sites (tertiary alicyclic amines) is 1. The Morgan fingerprint density at radius 2 is 1.85 bits per heavy atom. The molecule has 26 heavy (non-hydrogen) atoms. The largest absolute Gasteiger partial charge is 0.507 e. The second-order valence-electron chi connectivity index (χ2n) is 6.61. The number of nitrogens with zero attached hydrogens (tertiary/aromatic N) is 2. The van der Waals surface area contributed by atoms with E-state index in [0.717, 1.165) is 0 Å². The fourth-order valence-electron chi connectivity index (χ4n) is 3.07. The molecule has 1 fully saturated rings. The maximum absolute atomic E-state index is 12.7. The van der Waals surface area contributed by atoms with Crippen LogP contribution >= 0.6 is 0 Å². The third kappa shape index (κ3) is 3.28. The van der Waals surface area contributed by atoms with E-state index in [1.807, 2.05) is 25.1 Å². The van der Waals surface area contributed by atoms with Crippen molar-refractivity contribution < 1.29 is 19.1 Å². The first-order chi connectivity index (χ1) is 12.4. The Labute approximate surface area is 152 Å². The summed E-state index contributed by atoms with van der Waals surface area (Å²) < 4.78 is 5.71. The minimum Gasteiger partial charge on any atom is -0.507 e. The van der Waals surface area contributed by atoms with Gasteiger partial charge >= 0.3 is 0 Å². The summed E-state index contributed by atoms with van der Waals surface area (Å²) in [4.78, 5) is 28.7. The van der Waals surface area contributed by atoms with E-state index in [1.54, 1.807) is 43.3 Å². The van der Waals surface area contributed by atoms with Crippen molar-refractivity contribution in [1.29, 1.82) is 0 Å². The predicted octanol–water partition coefficient (Wildman–Crippen LogP) is 2.57. The summed E-state index contributed by atoms with van der Waals surface area (Å²) in [5, 5.41) is 10.8. The second-order valence-corrected chi connectivity index (χ2v) is 6.61. The maximum atomic E-state index is 12.7. The van der Waals surface area contributed by atoms with Crippen LogP contribution in [-0.2, 0) is 9.59 Å². The Bertz CT molecular complexity index is 852. The number of aliphatic hydroxyl groups is 1. The number of ketones is 1. The summed E-state index contributed by atoms with van der Waals surface area (Å²) in [6.45, 7) is 2.74. The van der Waals surface area contributed by atoms with Crippen molar-refractivity contribution >= 4 is 17.4 Å². The molecule has 6 heteroatoms. The maximum Gasteiger partial charge on any atom is 0.295 e. The summed E-state index contributed by atoms with van der Waals surface area (Å²) >= 11 is 0. The van der Waals surface area contributed by atoms with Gasteiger partial charge in [0.1, 0.15) is 23.3 Å². The van der Waals surface area contributed by atoms with Crippen LogP contribution < -0.4 is 0 Å². The third-order valence-corrected chi connectivity index (χ3v) is 4.41. The van der Waals surface area contributed by atoms with Crippen molar-refractivity contribution in [2.75, 3.05) is 27.2 Å². The summed E-state index contributed by atoms with van der Waals surface area (Å²) in [6.07, 6.45) is 0. The van der Waals surface area contributed by atoms with E-state index < -0.39 is 17.7 Å². The standard InChI is InChI=1S/C20H22N2O4/c1-13-9-10-15(26-13)17-16(18(23)14-7-5-4-6-8-14)19(24)20(25)22(17)12-11-21(2)3/h4-10,17,23H,11-12H2,1-3H3/b18-16+. The van der Waals surface area contributed by atoms with Crippen LogP contribution in [0.3, 0.4) is 0 Å². The van der Waals surface area contributed by atoms with E-state index in [-0.39, 0.29) is 11.3 Å². The Morgan fingerprint density at radius 3 is 2.42 bits per heavy atom. The van der Waals surface area contributed by atoms with Crippen LogP contribution in [0, 0.1) is 6.92 Å². The van der Waals surface area contributed by atoms with Crippen molar-refractivity contribution in [2.45, 2.75) is 13.0 Å². The molecule has 1 amide bonds. The number of amides is 1. The van der Waals surface area contributed by atoms with Gasteiger partial charge in [-0.15, -0.1) is 0 Å². The molecular weight excluding hydrogens is 332 g/mol. The zero-order valence-corrected chi connectivity index (χ0v) is 15.1. The van der Waals surface area contributed by atoms with Gasteiger partial charge in [-0.1, -0.05) is 30.3 Å². The van der Waals surface area contributed by atoms with Crippen LogP contribution in [0.15, 0.2) is 52.5 Å².